The summed E-state index contributed by atoms with van der Waals surface area (Å²) in [7, 11) is 0. The molecule has 14 heavy (non-hydrogen) atoms. The van der Waals surface area contributed by atoms with Crippen molar-refractivity contribution in [3.05, 3.63) is 47.1 Å². The lowest BCUT2D eigenvalue weighted by molar-refractivity contribution is 0.547. The molecule has 0 N–H and O–H groups in total. The second-order valence-electron chi connectivity index (χ2n) is 4.30. The standard InChI is InChI=1S/C14H18/c1-4-12-6-5-7-13-10(2)8-9-11(3)14(12)13/h5-9,13-14H,4H2,1-3H3. The van der Waals surface area contributed by atoms with E-state index in [1.54, 1.807) is 5.57 Å². The summed E-state index contributed by atoms with van der Waals surface area (Å²) in [4.78, 5) is 0. The van der Waals surface area contributed by atoms with Crippen molar-refractivity contribution in [1.29, 1.82) is 0 Å². The smallest absolute Gasteiger partial charge is 0.0111 e. The Kier molecular flexibility index (Phi) is 2.45. The lowest BCUT2D eigenvalue weighted by Crippen LogP contribution is -2.22. The second-order valence-corrected chi connectivity index (χ2v) is 4.30. The second kappa shape index (κ2) is 3.61. The maximum atomic E-state index is 2.34. The van der Waals surface area contributed by atoms with E-state index in [-0.39, 0.29) is 0 Å². The monoisotopic (exact) mass is 186 g/mol. The van der Waals surface area contributed by atoms with Crippen LogP contribution in [-0.4, -0.2) is 0 Å². The molecule has 0 aromatic heterocycles. The Balaban J connectivity index is 2.40. The first kappa shape index (κ1) is 9.51. The van der Waals surface area contributed by atoms with Gasteiger partial charge in [0, 0.05) is 11.8 Å². The average Bonchev–Trinajstić information content (AvgIpc) is 2.23. The van der Waals surface area contributed by atoms with Gasteiger partial charge in [-0.15, -0.1) is 0 Å². The fourth-order valence-corrected chi connectivity index (χ4v) is 2.55. The van der Waals surface area contributed by atoms with Crippen LogP contribution in [0.5, 0.6) is 0 Å². The van der Waals surface area contributed by atoms with Gasteiger partial charge in [-0.25, -0.2) is 0 Å². The average molecular weight is 186 g/mol. The molecule has 2 atom stereocenters. The Hall–Kier alpha value is -1.04. The van der Waals surface area contributed by atoms with E-state index in [1.807, 2.05) is 0 Å². The maximum Gasteiger partial charge on any atom is 0.0111 e. The Bertz CT molecular complexity index is 350. The molecule has 0 radical (unpaired) electrons. The zero-order valence-corrected chi connectivity index (χ0v) is 9.25. The molecule has 2 aliphatic carbocycles. The van der Waals surface area contributed by atoms with Crippen molar-refractivity contribution in [3.8, 4) is 0 Å². The fraction of sp³-hybridized carbons (Fsp3) is 0.429. The van der Waals surface area contributed by atoms with Crippen LogP contribution in [0.25, 0.3) is 0 Å². The van der Waals surface area contributed by atoms with Gasteiger partial charge < -0.3 is 0 Å². The minimum Gasteiger partial charge on any atom is -0.0764 e. The van der Waals surface area contributed by atoms with Crippen LogP contribution in [0.4, 0.5) is 0 Å². The molecule has 0 aromatic rings. The van der Waals surface area contributed by atoms with E-state index in [1.165, 1.54) is 17.6 Å². The van der Waals surface area contributed by atoms with Crippen LogP contribution in [0.2, 0.25) is 0 Å². The Morgan fingerprint density at radius 1 is 1.07 bits per heavy atom. The van der Waals surface area contributed by atoms with Crippen LogP contribution in [-0.2, 0) is 0 Å². The molecule has 0 heterocycles. The molecule has 0 saturated heterocycles. The maximum absolute atomic E-state index is 2.34. The van der Waals surface area contributed by atoms with Gasteiger partial charge in [-0.3, -0.25) is 0 Å². The molecule has 0 bridgehead atoms. The number of rotatable bonds is 1. The molecule has 0 amide bonds. The Morgan fingerprint density at radius 2 is 1.79 bits per heavy atom. The van der Waals surface area contributed by atoms with Crippen molar-refractivity contribution in [3.63, 3.8) is 0 Å². The van der Waals surface area contributed by atoms with Crippen molar-refractivity contribution in [2.24, 2.45) is 11.8 Å². The van der Waals surface area contributed by atoms with Crippen molar-refractivity contribution in [2.75, 3.05) is 0 Å². The highest BCUT2D eigenvalue weighted by atomic mass is 14.3. The summed E-state index contributed by atoms with van der Waals surface area (Å²) in [6, 6.07) is 0. The molecule has 0 heteroatoms. The van der Waals surface area contributed by atoms with E-state index >= 15 is 0 Å². The Morgan fingerprint density at radius 3 is 2.50 bits per heavy atom. The summed E-state index contributed by atoms with van der Waals surface area (Å²) in [6.45, 7) is 6.75. The van der Waals surface area contributed by atoms with Gasteiger partial charge in [0.1, 0.15) is 0 Å². The molecule has 0 spiro atoms. The minimum atomic E-state index is 0.625. The molecule has 0 fully saturated rings. The molecule has 74 valence electrons. The van der Waals surface area contributed by atoms with Gasteiger partial charge >= 0.3 is 0 Å². The summed E-state index contributed by atoms with van der Waals surface area (Å²) in [5.74, 6) is 1.27. The normalized spacial score (nSPS) is 30.4. The molecule has 2 rings (SSSR count). The summed E-state index contributed by atoms with van der Waals surface area (Å²) >= 11 is 0. The summed E-state index contributed by atoms with van der Waals surface area (Å²) in [5.41, 5.74) is 4.59. The number of hydrogen-bond donors (Lipinski definition) is 0. The third-order valence-electron chi connectivity index (χ3n) is 3.42. The number of allylic oxidation sites excluding steroid dienone is 8. The minimum absolute atomic E-state index is 0.625. The third-order valence-corrected chi connectivity index (χ3v) is 3.42. The van der Waals surface area contributed by atoms with Gasteiger partial charge in [0.15, 0.2) is 0 Å². The molecule has 2 aliphatic rings. The number of fused-ring (bicyclic) bond motifs is 1. The molecular formula is C14H18. The van der Waals surface area contributed by atoms with Crippen molar-refractivity contribution in [1.82, 2.24) is 0 Å². The quantitative estimate of drug-likeness (QED) is 0.580. The van der Waals surface area contributed by atoms with E-state index in [9.17, 15) is 0 Å². The molecule has 0 saturated carbocycles. The highest BCUT2D eigenvalue weighted by molar-refractivity contribution is 5.40. The van der Waals surface area contributed by atoms with Gasteiger partial charge in [0.05, 0.1) is 0 Å². The summed E-state index contributed by atoms with van der Waals surface area (Å²) in [6.07, 6.45) is 12.6. The van der Waals surface area contributed by atoms with Crippen molar-refractivity contribution >= 4 is 0 Å². The first-order chi connectivity index (χ1) is 6.74. The van der Waals surface area contributed by atoms with E-state index < -0.39 is 0 Å². The van der Waals surface area contributed by atoms with Crippen LogP contribution in [0, 0.1) is 11.8 Å². The topological polar surface area (TPSA) is 0 Å². The van der Waals surface area contributed by atoms with Crippen LogP contribution < -0.4 is 0 Å². The zero-order valence-electron chi connectivity index (χ0n) is 9.25. The fourth-order valence-electron chi connectivity index (χ4n) is 2.55. The van der Waals surface area contributed by atoms with E-state index in [2.05, 4.69) is 51.2 Å². The van der Waals surface area contributed by atoms with Gasteiger partial charge in [-0.1, -0.05) is 54.0 Å². The number of hydrogen-bond acceptors (Lipinski definition) is 0. The summed E-state index contributed by atoms with van der Waals surface area (Å²) < 4.78 is 0. The SMILES string of the molecule is CCC1=CC=CC2C(C)=CC=C(C)C12. The molecular weight excluding hydrogens is 168 g/mol. The van der Waals surface area contributed by atoms with E-state index in [0.717, 1.165) is 0 Å². The predicted molar refractivity (Wildman–Crippen MR) is 62.0 cm³/mol. The van der Waals surface area contributed by atoms with E-state index in [4.69, 9.17) is 0 Å². The van der Waals surface area contributed by atoms with E-state index in [0.29, 0.717) is 11.8 Å². The third kappa shape index (κ3) is 1.39. The highest BCUT2D eigenvalue weighted by Gasteiger charge is 2.28. The van der Waals surface area contributed by atoms with Gasteiger partial charge in [-0.05, 0) is 20.3 Å². The lowest BCUT2D eigenvalue weighted by atomic mass is 9.71. The van der Waals surface area contributed by atoms with Crippen LogP contribution in [0.15, 0.2) is 47.1 Å². The molecule has 0 nitrogen and oxygen atoms in total. The molecule has 0 aliphatic heterocycles. The van der Waals surface area contributed by atoms with Gasteiger partial charge in [0.25, 0.3) is 0 Å². The zero-order chi connectivity index (χ0) is 10.1. The molecule has 2 unspecified atom stereocenters. The van der Waals surface area contributed by atoms with Gasteiger partial charge in [-0.2, -0.15) is 0 Å². The highest BCUT2D eigenvalue weighted by Crippen LogP contribution is 2.40. The predicted octanol–water partition coefficient (Wildman–Crippen LogP) is 4.03. The lowest BCUT2D eigenvalue weighted by Gasteiger charge is -2.33. The van der Waals surface area contributed by atoms with Crippen LogP contribution >= 0.6 is 0 Å². The first-order valence-corrected chi connectivity index (χ1v) is 5.46. The van der Waals surface area contributed by atoms with Crippen molar-refractivity contribution in [2.45, 2.75) is 27.2 Å². The van der Waals surface area contributed by atoms with Crippen LogP contribution in [0.3, 0.4) is 0 Å². The Labute approximate surface area is 86.7 Å². The van der Waals surface area contributed by atoms with Crippen molar-refractivity contribution < 1.29 is 0 Å². The largest absolute Gasteiger partial charge is 0.0764 e. The summed E-state index contributed by atoms with van der Waals surface area (Å²) in [5, 5.41) is 0. The van der Waals surface area contributed by atoms with Gasteiger partial charge in [0.2, 0.25) is 0 Å². The van der Waals surface area contributed by atoms with Crippen LogP contribution in [0.1, 0.15) is 27.2 Å². The first-order valence-electron chi connectivity index (χ1n) is 5.46. The molecule has 0 aromatic carbocycles.